The highest BCUT2D eigenvalue weighted by Gasteiger charge is 2.57. The number of β-lactam (4-membered cyclic amide) rings is 1. The summed E-state index contributed by atoms with van der Waals surface area (Å²) < 4.78 is 31.1. The Morgan fingerprint density at radius 3 is 2.21 bits per heavy atom. The summed E-state index contributed by atoms with van der Waals surface area (Å²) in [6.07, 6.45) is 1.55. The van der Waals surface area contributed by atoms with Gasteiger partial charge in [0.2, 0.25) is 5.91 Å². The van der Waals surface area contributed by atoms with Crippen LogP contribution in [0.2, 0.25) is 0 Å². The number of thiazole rings is 1. The Labute approximate surface area is 318 Å². The highest BCUT2D eigenvalue weighted by molar-refractivity contribution is 8.01. The van der Waals surface area contributed by atoms with E-state index in [1.165, 1.54) is 33.8 Å². The van der Waals surface area contributed by atoms with Gasteiger partial charge in [-0.05, 0) is 28.2 Å². The fourth-order valence-corrected chi connectivity index (χ4v) is 10.3. The van der Waals surface area contributed by atoms with Crippen molar-refractivity contribution in [2.75, 3.05) is 23.4 Å². The lowest BCUT2D eigenvalue weighted by Gasteiger charge is -2.53. The van der Waals surface area contributed by atoms with Gasteiger partial charge in [-0.3, -0.25) is 14.4 Å². The Hall–Kier alpha value is -4.91. The second-order valence-corrected chi connectivity index (χ2v) is 16.1. The molecule has 18 heteroatoms. The number of fused-ring (bicyclic) bond motifs is 1. The average molecular weight is 794 g/mol. The molecule has 2 aliphatic heterocycles. The van der Waals surface area contributed by atoms with Crippen LogP contribution in [0.3, 0.4) is 0 Å². The minimum Gasteiger partial charge on any atom is -0.481 e. The van der Waals surface area contributed by atoms with Gasteiger partial charge in [-0.1, -0.05) is 101 Å². The van der Waals surface area contributed by atoms with Crippen LogP contribution in [0.4, 0.5) is 13.9 Å². The zero-order chi connectivity index (χ0) is 37.0. The summed E-state index contributed by atoms with van der Waals surface area (Å²) in [5.41, 5.74) is -0.128. The molecule has 5 aromatic rings. The maximum absolute atomic E-state index is 13.7. The summed E-state index contributed by atoms with van der Waals surface area (Å²) in [5, 5.41) is 24.8. The standard InChI is InChI=1S/C35H29F2N7O5S4/c36-32(37)49-42-26(28(45)40-27-29(46)44-18-34(31(47)48,20-52-30(27)44)19-51-25-16-38-43-53-25)24-17-50-33(39-24)41-35(21-10-4-1-5-11-21,22-12-6-2-7-13-22)23-14-8-3-9-15-23/h1-17,27,30,32H,18-20H2,(H,39,41)(H,40,45)(H,47,48)/t27?,30-,34?/m1/s1. The van der Waals surface area contributed by atoms with Crippen LogP contribution < -0.4 is 10.6 Å². The quantitative estimate of drug-likeness (QED) is 0.0422. The number of anilines is 1. The highest BCUT2D eigenvalue weighted by Crippen LogP contribution is 2.45. The van der Waals surface area contributed by atoms with Crippen molar-refractivity contribution in [3.63, 3.8) is 0 Å². The number of nitrogens with one attached hydrogen (secondary N) is 2. The van der Waals surface area contributed by atoms with Gasteiger partial charge in [0.25, 0.3) is 5.91 Å². The Bertz CT molecular complexity index is 2000. The van der Waals surface area contributed by atoms with Gasteiger partial charge < -0.3 is 25.5 Å². The molecule has 0 saturated carbocycles. The minimum absolute atomic E-state index is 0.0573. The van der Waals surface area contributed by atoms with Crippen molar-refractivity contribution in [2.24, 2.45) is 10.6 Å². The van der Waals surface area contributed by atoms with Crippen LogP contribution in [0, 0.1) is 5.41 Å². The van der Waals surface area contributed by atoms with Gasteiger partial charge >= 0.3 is 12.6 Å². The lowest BCUT2D eigenvalue weighted by molar-refractivity contribution is -0.157. The topological polar surface area (TPSA) is 159 Å². The van der Waals surface area contributed by atoms with Gasteiger partial charge in [0.05, 0.1) is 6.20 Å². The molecule has 2 unspecified atom stereocenters. The minimum atomic E-state index is -3.33. The van der Waals surface area contributed by atoms with Gasteiger partial charge in [-0.15, -0.1) is 40.0 Å². The number of alkyl halides is 2. The fraction of sp³-hybridized carbons (Fsp3) is 0.229. The summed E-state index contributed by atoms with van der Waals surface area (Å²) >= 11 is 4.81. The summed E-state index contributed by atoms with van der Waals surface area (Å²) in [7, 11) is 0. The molecule has 7 rings (SSSR count). The molecule has 53 heavy (non-hydrogen) atoms. The SMILES string of the molecule is O=C(NC1C(=O)N2CC(CSc3cnns3)(C(=O)O)CS[C@H]12)C(=NOC(F)F)c1csc(NC(c2ccccc2)(c2ccccc2)c2ccccc2)n1. The molecule has 2 saturated heterocycles. The largest absolute Gasteiger partial charge is 0.481 e. The van der Waals surface area contributed by atoms with Crippen molar-refractivity contribution < 1.29 is 33.1 Å². The molecule has 2 amide bonds. The van der Waals surface area contributed by atoms with E-state index in [0.29, 0.717) is 5.13 Å². The molecule has 3 N–H and O–H groups in total. The first-order chi connectivity index (χ1) is 25.7. The summed E-state index contributed by atoms with van der Waals surface area (Å²) in [4.78, 5) is 49.7. The number of halogens is 2. The second kappa shape index (κ2) is 15.6. The van der Waals surface area contributed by atoms with Crippen LogP contribution in [-0.2, 0) is 24.8 Å². The van der Waals surface area contributed by atoms with Gasteiger partial charge in [-0.2, -0.15) is 8.78 Å². The molecule has 0 radical (unpaired) electrons. The number of carbonyl (C=O) groups excluding carboxylic acids is 2. The van der Waals surface area contributed by atoms with Crippen LogP contribution in [-0.4, -0.2) is 84.2 Å². The molecule has 3 atom stereocenters. The van der Waals surface area contributed by atoms with Crippen molar-refractivity contribution in [3.8, 4) is 0 Å². The van der Waals surface area contributed by atoms with Crippen LogP contribution >= 0.6 is 46.4 Å². The summed E-state index contributed by atoms with van der Waals surface area (Å²) in [6, 6.07) is 28.2. The maximum Gasteiger partial charge on any atom is 0.407 e. The fourth-order valence-electron chi connectivity index (χ4n) is 6.22. The molecule has 272 valence electrons. The molecule has 2 aromatic heterocycles. The van der Waals surface area contributed by atoms with E-state index in [2.05, 4.69) is 35.2 Å². The van der Waals surface area contributed by atoms with Crippen LogP contribution in [0.15, 0.2) is 112 Å². The zero-order valence-electron chi connectivity index (χ0n) is 27.4. The van der Waals surface area contributed by atoms with Gasteiger partial charge in [0.1, 0.15) is 32.3 Å². The van der Waals surface area contributed by atoms with E-state index >= 15 is 0 Å². The number of carboxylic acid groups (broad SMARTS) is 1. The predicted molar refractivity (Wildman–Crippen MR) is 199 cm³/mol. The first-order valence-corrected chi connectivity index (χ1v) is 19.7. The van der Waals surface area contributed by atoms with Crippen molar-refractivity contribution in [1.82, 2.24) is 24.8 Å². The van der Waals surface area contributed by atoms with E-state index in [1.807, 2.05) is 91.0 Å². The van der Waals surface area contributed by atoms with Crippen LogP contribution in [0.5, 0.6) is 0 Å². The van der Waals surface area contributed by atoms with Crippen molar-refractivity contribution in [2.45, 2.75) is 27.8 Å². The molecule has 0 aliphatic carbocycles. The van der Waals surface area contributed by atoms with Crippen LogP contribution in [0.1, 0.15) is 22.4 Å². The van der Waals surface area contributed by atoms with Crippen molar-refractivity contribution >= 4 is 75.0 Å². The molecular weight excluding hydrogens is 765 g/mol. The summed E-state index contributed by atoms with van der Waals surface area (Å²) in [5.74, 6) is -2.14. The van der Waals surface area contributed by atoms with E-state index in [1.54, 1.807) is 6.20 Å². The Balaban J connectivity index is 1.13. The highest BCUT2D eigenvalue weighted by atomic mass is 32.2. The molecule has 0 bridgehead atoms. The number of aromatic nitrogens is 3. The molecule has 2 aliphatic rings. The number of benzene rings is 3. The molecule has 12 nitrogen and oxygen atoms in total. The Morgan fingerprint density at radius 2 is 1.66 bits per heavy atom. The normalized spacial score (nSPS) is 20.0. The lowest BCUT2D eigenvalue weighted by atomic mass is 9.77. The third-order valence-corrected chi connectivity index (χ3v) is 13.3. The predicted octanol–water partition coefficient (Wildman–Crippen LogP) is 5.61. The number of thioether (sulfide) groups is 2. The Kier molecular flexibility index (Phi) is 10.7. The Morgan fingerprint density at radius 1 is 1.04 bits per heavy atom. The first kappa shape index (κ1) is 36.4. The van der Waals surface area contributed by atoms with E-state index in [4.69, 9.17) is 0 Å². The zero-order valence-corrected chi connectivity index (χ0v) is 30.6. The number of carbonyl (C=O) groups is 3. The van der Waals surface area contributed by atoms with E-state index in [0.717, 1.165) is 43.8 Å². The van der Waals surface area contributed by atoms with E-state index in [9.17, 15) is 28.3 Å². The first-order valence-electron chi connectivity index (χ1n) is 16.0. The van der Waals surface area contributed by atoms with Gasteiger partial charge in [0, 0.05) is 23.4 Å². The number of oxime groups is 1. The number of carboxylic acids is 1. The monoisotopic (exact) mass is 793 g/mol. The maximum atomic E-state index is 13.7. The van der Waals surface area contributed by atoms with Gasteiger partial charge in [-0.25, -0.2) is 4.98 Å². The summed E-state index contributed by atoms with van der Waals surface area (Å²) in [6.45, 7) is -3.39. The van der Waals surface area contributed by atoms with Crippen molar-refractivity contribution in [1.29, 1.82) is 0 Å². The van der Waals surface area contributed by atoms with Gasteiger partial charge in [0.15, 0.2) is 10.8 Å². The van der Waals surface area contributed by atoms with Crippen LogP contribution in [0.25, 0.3) is 0 Å². The second-order valence-electron chi connectivity index (χ2n) is 12.0. The third kappa shape index (κ3) is 7.36. The molecule has 3 aromatic carbocycles. The molecular formula is C35H29F2N7O5S4. The average Bonchev–Trinajstić information content (AvgIpc) is 3.89. The lowest BCUT2D eigenvalue weighted by Crippen LogP contribution is -2.74. The number of amides is 2. The number of hydrogen-bond donors (Lipinski definition) is 3. The third-order valence-electron chi connectivity index (χ3n) is 8.82. The smallest absolute Gasteiger partial charge is 0.407 e. The van der Waals surface area contributed by atoms with E-state index < -0.39 is 52.5 Å². The number of rotatable bonds is 14. The number of aliphatic carboxylic acids is 1. The van der Waals surface area contributed by atoms with Crippen molar-refractivity contribution in [3.05, 3.63) is 125 Å². The molecule has 0 spiro atoms. The van der Waals surface area contributed by atoms with E-state index in [-0.39, 0.29) is 23.7 Å². The molecule has 2 fully saturated rings. The molecule has 4 heterocycles. The number of hydrogen-bond acceptors (Lipinski definition) is 13. The number of nitrogens with zero attached hydrogens (tertiary/aromatic N) is 5.